The first-order valence-electron chi connectivity index (χ1n) is 7.67. The van der Waals surface area contributed by atoms with E-state index in [9.17, 15) is 0 Å². The van der Waals surface area contributed by atoms with Crippen LogP contribution in [0.25, 0.3) is 34.6 Å². The fourth-order valence-electron chi connectivity index (χ4n) is 2.69. The van der Waals surface area contributed by atoms with Crippen molar-refractivity contribution in [2.75, 3.05) is 0 Å². The highest BCUT2D eigenvalue weighted by Gasteiger charge is 2.07. The Hall–Kier alpha value is -3.13. The molecule has 0 aliphatic heterocycles. The number of hydrogen-bond donors (Lipinski definition) is 1. The van der Waals surface area contributed by atoms with Gasteiger partial charge < -0.3 is 4.98 Å². The number of aromatic amines is 1. The molecule has 110 valence electrons. The van der Waals surface area contributed by atoms with E-state index in [1.54, 1.807) is 0 Å². The number of para-hydroxylation sites is 2. The number of hydrogen-bond acceptors (Lipinski definition) is 1. The van der Waals surface area contributed by atoms with Gasteiger partial charge >= 0.3 is 0 Å². The van der Waals surface area contributed by atoms with Crippen molar-refractivity contribution in [3.05, 3.63) is 90.0 Å². The van der Waals surface area contributed by atoms with Crippen LogP contribution in [0.3, 0.4) is 0 Å². The summed E-state index contributed by atoms with van der Waals surface area (Å²) in [7, 11) is 0. The molecule has 0 amide bonds. The summed E-state index contributed by atoms with van der Waals surface area (Å²) in [6.07, 6.45) is 4.26. The summed E-state index contributed by atoms with van der Waals surface area (Å²) in [6.45, 7) is 0. The van der Waals surface area contributed by atoms with Gasteiger partial charge in [-0.3, -0.25) is 0 Å². The Labute approximate surface area is 135 Å². The van der Waals surface area contributed by atoms with Gasteiger partial charge in [-0.1, -0.05) is 78.9 Å². The molecule has 0 radical (unpaired) electrons. The van der Waals surface area contributed by atoms with Gasteiger partial charge in [0.2, 0.25) is 0 Å². The number of imidazole rings is 1. The van der Waals surface area contributed by atoms with E-state index in [-0.39, 0.29) is 0 Å². The number of aromatic nitrogens is 2. The largest absolute Gasteiger partial charge is 0.338 e. The average molecular weight is 296 g/mol. The van der Waals surface area contributed by atoms with Crippen molar-refractivity contribution in [2.45, 2.75) is 0 Å². The lowest BCUT2D eigenvalue weighted by atomic mass is 10.1. The van der Waals surface area contributed by atoms with Gasteiger partial charge in [-0.2, -0.15) is 0 Å². The molecule has 3 aromatic carbocycles. The van der Waals surface area contributed by atoms with Gasteiger partial charge in [-0.25, -0.2) is 4.98 Å². The molecule has 0 saturated carbocycles. The fraction of sp³-hybridized carbons (Fsp3) is 0. The second kappa shape index (κ2) is 5.93. The second-order valence-electron chi connectivity index (χ2n) is 5.43. The lowest BCUT2D eigenvalue weighted by Crippen LogP contribution is -1.85. The van der Waals surface area contributed by atoms with Crippen LogP contribution in [-0.4, -0.2) is 9.97 Å². The molecule has 4 rings (SSSR count). The normalized spacial score (nSPS) is 11.3. The highest BCUT2D eigenvalue weighted by atomic mass is 14.9. The van der Waals surface area contributed by atoms with E-state index in [0.717, 1.165) is 28.0 Å². The predicted octanol–water partition coefficient (Wildman–Crippen LogP) is 5.40. The molecule has 1 aromatic heterocycles. The van der Waals surface area contributed by atoms with Crippen LogP contribution >= 0.6 is 0 Å². The lowest BCUT2D eigenvalue weighted by Gasteiger charge is -2.02. The Morgan fingerprint density at radius 3 is 2.30 bits per heavy atom. The molecule has 0 aliphatic carbocycles. The molecule has 0 fully saturated rings. The molecule has 0 saturated heterocycles. The van der Waals surface area contributed by atoms with Crippen molar-refractivity contribution in [1.29, 1.82) is 0 Å². The molecule has 1 N–H and O–H groups in total. The third-order valence-electron chi connectivity index (χ3n) is 3.86. The molecule has 0 bridgehead atoms. The second-order valence-corrected chi connectivity index (χ2v) is 5.43. The Bertz CT molecular complexity index is 932. The third-order valence-corrected chi connectivity index (χ3v) is 3.86. The Morgan fingerprint density at radius 2 is 1.43 bits per heavy atom. The number of rotatable bonds is 3. The standard InChI is InChI=1S/C21H16N2/c1-2-8-16(9-3-1)14-15-17-10-4-5-11-18(17)21-22-19-12-6-7-13-20(19)23-21/h1-15H,(H,22,23)/b15-14+. The molecule has 0 atom stereocenters. The van der Waals surface area contributed by atoms with Crippen molar-refractivity contribution >= 4 is 23.2 Å². The molecular formula is C21H16N2. The molecular weight excluding hydrogens is 280 g/mol. The minimum atomic E-state index is 0.902. The highest BCUT2D eigenvalue weighted by molar-refractivity contribution is 5.83. The van der Waals surface area contributed by atoms with Gasteiger partial charge in [0.25, 0.3) is 0 Å². The van der Waals surface area contributed by atoms with Gasteiger partial charge in [0.1, 0.15) is 5.82 Å². The zero-order valence-electron chi connectivity index (χ0n) is 12.6. The van der Waals surface area contributed by atoms with Gasteiger partial charge in [0.15, 0.2) is 0 Å². The summed E-state index contributed by atoms with van der Waals surface area (Å²) in [4.78, 5) is 8.11. The third kappa shape index (κ3) is 2.79. The van der Waals surface area contributed by atoms with E-state index >= 15 is 0 Å². The van der Waals surface area contributed by atoms with Gasteiger partial charge in [0, 0.05) is 5.56 Å². The minimum absolute atomic E-state index is 0.902. The highest BCUT2D eigenvalue weighted by Crippen LogP contribution is 2.25. The summed E-state index contributed by atoms with van der Waals surface area (Å²) in [5.74, 6) is 0.902. The smallest absolute Gasteiger partial charge is 0.139 e. The van der Waals surface area contributed by atoms with Crippen molar-refractivity contribution in [3.63, 3.8) is 0 Å². The van der Waals surface area contributed by atoms with Crippen molar-refractivity contribution < 1.29 is 0 Å². The number of fused-ring (bicyclic) bond motifs is 1. The van der Waals surface area contributed by atoms with Crippen LogP contribution in [0, 0.1) is 0 Å². The Balaban J connectivity index is 1.76. The van der Waals surface area contributed by atoms with Crippen LogP contribution in [0.2, 0.25) is 0 Å². The topological polar surface area (TPSA) is 28.7 Å². The monoisotopic (exact) mass is 296 g/mol. The van der Waals surface area contributed by atoms with Gasteiger partial charge in [0.05, 0.1) is 11.0 Å². The maximum absolute atomic E-state index is 4.71. The number of nitrogens with one attached hydrogen (secondary N) is 1. The van der Waals surface area contributed by atoms with Crippen LogP contribution < -0.4 is 0 Å². The molecule has 23 heavy (non-hydrogen) atoms. The SMILES string of the molecule is C(=C\c1ccccc1-c1nc2ccccc2[nH]1)/c1ccccc1. The number of H-pyrrole nitrogens is 1. The summed E-state index contributed by atoms with van der Waals surface area (Å²) in [5, 5.41) is 0. The number of nitrogens with zero attached hydrogens (tertiary/aromatic N) is 1. The Kier molecular flexibility index (Phi) is 3.49. The molecule has 0 spiro atoms. The van der Waals surface area contributed by atoms with Crippen molar-refractivity contribution in [3.8, 4) is 11.4 Å². The van der Waals surface area contributed by atoms with Crippen LogP contribution in [0.15, 0.2) is 78.9 Å². The zero-order valence-corrected chi connectivity index (χ0v) is 12.6. The van der Waals surface area contributed by atoms with E-state index in [2.05, 4.69) is 47.5 Å². The van der Waals surface area contributed by atoms with E-state index in [1.807, 2.05) is 48.5 Å². The molecule has 2 heteroatoms. The van der Waals surface area contributed by atoms with Crippen molar-refractivity contribution in [2.24, 2.45) is 0 Å². The molecule has 4 aromatic rings. The molecule has 2 nitrogen and oxygen atoms in total. The lowest BCUT2D eigenvalue weighted by molar-refractivity contribution is 1.33. The molecule has 0 unspecified atom stereocenters. The molecule has 1 heterocycles. The maximum Gasteiger partial charge on any atom is 0.139 e. The Morgan fingerprint density at radius 1 is 0.696 bits per heavy atom. The first kappa shape index (κ1) is 13.5. The first-order chi connectivity index (χ1) is 11.4. The zero-order chi connectivity index (χ0) is 15.5. The first-order valence-corrected chi connectivity index (χ1v) is 7.67. The van der Waals surface area contributed by atoms with Crippen LogP contribution in [0.4, 0.5) is 0 Å². The van der Waals surface area contributed by atoms with E-state index in [4.69, 9.17) is 4.98 Å². The predicted molar refractivity (Wildman–Crippen MR) is 96.9 cm³/mol. The maximum atomic E-state index is 4.71. The summed E-state index contributed by atoms with van der Waals surface area (Å²) in [6, 6.07) is 26.7. The summed E-state index contributed by atoms with van der Waals surface area (Å²) in [5.41, 5.74) is 5.49. The summed E-state index contributed by atoms with van der Waals surface area (Å²) < 4.78 is 0. The summed E-state index contributed by atoms with van der Waals surface area (Å²) >= 11 is 0. The van der Waals surface area contributed by atoms with Gasteiger partial charge in [-0.05, 0) is 23.3 Å². The average Bonchev–Trinajstić information content (AvgIpc) is 3.05. The fourth-order valence-corrected chi connectivity index (χ4v) is 2.69. The van der Waals surface area contributed by atoms with E-state index < -0.39 is 0 Å². The van der Waals surface area contributed by atoms with E-state index in [1.165, 1.54) is 5.56 Å². The quantitative estimate of drug-likeness (QED) is 0.504. The van der Waals surface area contributed by atoms with Crippen LogP contribution in [0.5, 0.6) is 0 Å². The molecule has 0 aliphatic rings. The van der Waals surface area contributed by atoms with Crippen LogP contribution in [-0.2, 0) is 0 Å². The van der Waals surface area contributed by atoms with Gasteiger partial charge in [-0.15, -0.1) is 0 Å². The van der Waals surface area contributed by atoms with Crippen LogP contribution in [0.1, 0.15) is 11.1 Å². The van der Waals surface area contributed by atoms with E-state index in [0.29, 0.717) is 0 Å². The van der Waals surface area contributed by atoms with Crippen molar-refractivity contribution in [1.82, 2.24) is 9.97 Å². The minimum Gasteiger partial charge on any atom is -0.338 e. The number of benzene rings is 3.